The van der Waals surface area contributed by atoms with Gasteiger partial charge in [0.1, 0.15) is 5.54 Å². The van der Waals surface area contributed by atoms with Crippen molar-refractivity contribution in [3.05, 3.63) is 41.3 Å². The van der Waals surface area contributed by atoms with Crippen molar-refractivity contribution < 1.29 is 13.2 Å². The van der Waals surface area contributed by atoms with Crippen LogP contribution in [0.1, 0.15) is 45.1 Å². The fourth-order valence-electron chi connectivity index (χ4n) is 3.19. The van der Waals surface area contributed by atoms with Gasteiger partial charge in [0.15, 0.2) is 0 Å². The number of carbonyl (C=O) groups is 1. The van der Waals surface area contributed by atoms with Gasteiger partial charge in [-0.3, -0.25) is 4.79 Å². The lowest BCUT2D eigenvalue weighted by Crippen LogP contribution is -2.50. The van der Waals surface area contributed by atoms with Crippen molar-refractivity contribution in [1.82, 2.24) is 9.62 Å². The van der Waals surface area contributed by atoms with Gasteiger partial charge in [-0.1, -0.05) is 50.1 Å². The lowest BCUT2D eigenvalue weighted by molar-refractivity contribution is -0.127. The van der Waals surface area contributed by atoms with Crippen LogP contribution in [0.3, 0.4) is 0 Å². The average Bonchev–Trinajstić information content (AvgIpc) is 2.71. The molecular formula is C21H28N2O3S. The summed E-state index contributed by atoms with van der Waals surface area (Å²) in [6, 6.07) is 9.30. The molecule has 0 spiro atoms. The van der Waals surface area contributed by atoms with Crippen LogP contribution in [0, 0.1) is 18.3 Å². The van der Waals surface area contributed by atoms with E-state index in [0.29, 0.717) is 38.8 Å². The zero-order valence-electron chi connectivity index (χ0n) is 16.0. The van der Waals surface area contributed by atoms with E-state index in [4.69, 9.17) is 6.42 Å². The van der Waals surface area contributed by atoms with Gasteiger partial charge >= 0.3 is 0 Å². The fourth-order valence-corrected chi connectivity index (χ4v) is 4.41. The van der Waals surface area contributed by atoms with Crippen LogP contribution in [0.4, 0.5) is 0 Å². The molecule has 146 valence electrons. The maximum atomic E-state index is 12.6. The maximum absolute atomic E-state index is 12.6. The second-order valence-corrected chi connectivity index (χ2v) is 8.67. The summed E-state index contributed by atoms with van der Waals surface area (Å²) in [5.74, 6) is 2.42. The molecular weight excluding hydrogens is 360 g/mol. The third-order valence-electron chi connectivity index (χ3n) is 5.26. The molecule has 0 aromatic heterocycles. The van der Waals surface area contributed by atoms with Gasteiger partial charge in [-0.2, -0.15) is 4.31 Å². The lowest BCUT2D eigenvalue weighted by Gasteiger charge is -2.33. The summed E-state index contributed by atoms with van der Waals surface area (Å²) in [7, 11) is -3.49. The molecule has 1 N–H and O–H groups in total. The summed E-state index contributed by atoms with van der Waals surface area (Å²) in [4.78, 5) is 12.6. The van der Waals surface area contributed by atoms with Crippen molar-refractivity contribution in [2.24, 2.45) is 5.92 Å². The van der Waals surface area contributed by atoms with Crippen molar-refractivity contribution in [1.29, 1.82) is 0 Å². The highest BCUT2D eigenvalue weighted by Crippen LogP contribution is 2.23. The molecule has 1 fully saturated rings. The monoisotopic (exact) mass is 388 g/mol. The first-order valence-electron chi connectivity index (χ1n) is 9.39. The molecule has 0 bridgehead atoms. The first-order chi connectivity index (χ1) is 12.9. The summed E-state index contributed by atoms with van der Waals surface area (Å²) >= 11 is 0. The van der Waals surface area contributed by atoms with E-state index in [1.54, 1.807) is 6.08 Å². The fraction of sp³-hybridized carbons (Fsp3) is 0.476. The third kappa shape index (κ3) is 5.44. The number of hydrogen-bond donors (Lipinski definition) is 1. The molecule has 2 rings (SSSR count). The van der Waals surface area contributed by atoms with Crippen LogP contribution in [-0.2, 0) is 14.8 Å². The lowest BCUT2D eigenvalue weighted by atomic mass is 9.90. The first-order valence-corrected chi connectivity index (χ1v) is 10.9. The number of sulfonamides is 1. The summed E-state index contributed by atoms with van der Waals surface area (Å²) in [6.45, 7) is 4.58. The van der Waals surface area contributed by atoms with E-state index in [9.17, 15) is 13.2 Å². The van der Waals surface area contributed by atoms with Gasteiger partial charge in [0.2, 0.25) is 15.9 Å². The number of terminal acetylenes is 1. The Bertz CT molecular complexity index is 798. The minimum atomic E-state index is -3.49. The quantitative estimate of drug-likeness (QED) is 0.730. The van der Waals surface area contributed by atoms with Crippen LogP contribution in [0.25, 0.3) is 6.08 Å². The van der Waals surface area contributed by atoms with Gasteiger partial charge in [0, 0.05) is 24.4 Å². The smallest absolute Gasteiger partial charge is 0.236 e. The summed E-state index contributed by atoms with van der Waals surface area (Å²) in [6.07, 6.45) is 9.54. The Labute approximate surface area is 162 Å². The maximum Gasteiger partial charge on any atom is 0.236 e. The van der Waals surface area contributed by atoms with E-state index < -0.39 is 15.6 Å². The summed E-state index contributed by atoms with van der Waals surface area (Å²) in [5, 5.41) is 4.23. The molecule has 0 radical (unpaired) electrons. The largest absolute Gasteiger partial charge is 0.340 e. The molecule has 0 unspecified atom stereocenters. The highest BCUT2D eigenvalue weighted by atomic mass is 32.2. The Morgan fingerprint density at radius 2 is 1.85 bits per heavy atom. The highest BCUT2D eigenvalue weighted by Gasteiger charge is 2.33. The van der Waals surface area contributed by atoms with Gasteiger partial charge in [-0.15, -0.1) is 6.42 Å². The molecule has 1 aliphatic rings. The second-order valence-electron chi connectivity index (χ2n) is 6.85. The zero-order chi connectivity index (χ0) is 19.9. The minimum absolute atomic E-state index is 0.0754. The van der Waals surface area contributed by atoms with Crippen LogP contribution >= 0.6 is 0 Å². The van der Waals surface area contributed by atoms with Gasteiger partial charge in [-0.05, 0) is 37.3 Å². The van der Waals surface area contributed by atoms with Crippen molar-refractivity contribution in [3.63, 3.8) is 0 Å². The SMILES string of the molecule is C#CC(CC)(CC)NC(=O)C1CCN(S(=O)(=O)/C=C/c2ccccc2)CC1. The summed E-state index contributed by atoms with van der Waals surface area (Å²) < 4.78 is 26.5. The van der Waals surface area contributed by atoms with Crippen molar-refractivity contribution in [2.75, 3.05) is 13.1 Å². The third-order valence-corrected chi connectivity index (χ3v) is 6.83. The number of rotatable bonds is 7. The Kier molecular flexibility index (Phi) is 7.23. The second kappa shape index (κ2) is 9.20. The molecule has 1 amide bonds. The van der Waals surface area contributed by atoms with Crippen LogP contribution in [0.15, 0.2) is 35.7 Å². The van der Waals surface area contributed by atoms with Crippen LogP contribution < -0.4 is 5.32 Å². The molecule has 6 heteroatoms. The number of nitrogens with zero attached hydrogens (tertiary/aromatic N) is 1. The number of nitrogens with one attached hydrogen (secondary N) is 1. The van der Waals surface area contributed by atoms with Crippen LogP contribution in [0.5, 0.6) is 0 Å². The molecule has 1 saturated heterocycles. The number of piperidine rings is 1. The predicted octanol–water partition coefficient (Wildman–Crippen LogP) is 3.01. The number of amides is 1. The molecule has 1 aromatic carbocycles. The molecule has 5 nitrogen and oxygen atoms in total. The van der Waals surface area contributed by atoms with E-state index in [1.807, 2.05) is 44.2 Å². The van der Waals surface area contributed by atoms with Crippen LogP contribution in [-0.4, -0.2) is 37.3 Å². The predicted molar refractivity (Wildman–Crippen MR) is 109 cm³/mol. The first kappa shape index (κ1) is 21.2. The van der Waals surface area contributed by atoms with Gasteiger partial charge in [0.25, 0.3) is 0 Å². The molecule has 1 aliphatic heterocycles. The average molecular weight is 389 g/mol. The Balaban J connectivity index is 1.95. The van der Waals surface area contributed by atoms with Gasteiger partial charge in [-0.25, -0.2) is 8.42 Å². The van der Waals surface area contributed by atoms with E-state index >= 15 is 0 Å². The van der Waals surface area contributed by atoms with Crippen LogP contribution in [0.2, 0.25) is 0 Å². The molecule has 0 saturated carbocycles. The van der Waals surface area contributed by atoms with Crippen molar-refractivity contribution in [2.45, 2.75) is 45.1 Å². The molecule has 0 aliphatic carbocycles. The number of benzene rings is 1. The Hall–Kier alpha value is -2.10. The standard InChI is InChI=1S/C21H28N2O3S/c1-4-21(5-2,6-3)22-20(24)19-12-15-23(16-13-19)27(25,26)17-14-18-10-8-7-9-11-18/h1,7-11,14,17,19H,5-6,12-13,15-16H2,2-3H3,(H,22,24)/b17-14+. The molecule has 0 atom stereocenters. The van der Waals surface area contributed by atoms with E-state index in [2.05, 4.69) is 11.2 Å². The van der Waals surface area contributed by atoms with Gasteiger partial charge < -0.3 is 5.32 Å². The van der Waals surface area contributed by atoms with E-state index in [-0.39, 0.29) is 11.8 Å². The summed E-state index contributed by atoms with van der Waals surface area (Å²) in [5.41, 5.74) is 0.221. The number of hydrogen-bond acceptors (Lipinski definition) is 3. The highest BCUT2D eigenvalue weighted by molar-refractivity contribution is 7.92. The molecule has 1 heterocycles. The minimum Gasteiger partial charge on any atom is -0.340 e. The van der Waals surface area contributed by atoms with Crippen molar-refractivity contribution in [3.8, 4) is 12.3 Å². The van der Waals surface area contributed by atoms with E-state index in [1.165, 1.54) is 9.71 Å². The topological polar surface area (TPSA) is 66.5 Å². The normalized spacial score (nSPS) is 16.9. The van der Waals surface area contributed by atoms with Gasteiger partial charge in [0.05, 0.1) is 0 Å². The molecule has 1 aromatic rings. The zero-order valence-corrected chi connectivity index (χ0v) is 16.8. The van der Waals surface area contributed by atoms with E-state index in [0.717, 1.165) is 5.56 Å². The number of carbonyl (C=O) groups excluding carboxylic acids is 1. The molecule has 27 heavy (non-hydrogen) atoms. The van der Waals surface area contributed by atoms with Crippen molar-refractivity contribution >= 4 is 22.0 Å². The Morgan fingerprint density at radius 3 is 2.37 bits per heavy atom. The Morgan fingerprint density at radius 1 is 1.26 bits per heavy atom.